The van der Waals surface area contributed by atoms with E-state index < -0.39 is 0 Å². The summed E-state index contributed by atoms with van der Waals surface area (Å²) in [6.07, 6.45) is 3.19. The van der Waals surface area contributed by atoms with Crippen molar-refractivity contribution in [2.75, 3.05) is 31.1 Å². The van der Waals surface area contributed by atoms with Gasteiger partial charge in [0.1, 0.15) is 17.0 Å². The van der Waals surface area contributed by atoms with Crippen LogP contribution in [0, 0.1) is 5.82 Å². The Labute approximate surface area is 137 Å². The molecule has 0 saturated carbocycles. The van der Waals surface area contributed by atoms with Gasteiger partial charge in [-0.05, 0) is 12.1 Å². The van der Waals surface area contributed by atoms with Crippen molar-refractivity contribution in [1.82, 2.24) is 19.4 Å². The molecule has 0 atom stereocenters. The van der Waals surface area contributed by atoms with Crippen LogP contribution in [0.3, 0.4) is 0 Å². The Kier molecular flexibility index (Phi) is 3.44. The minimum atomic E-state index is -0.350. The molecule has 4 rings (SSSR count). The van der Waals surface area contributed by atoms with Crippen LogP contribution in [0.25, 0.3) is 11.1 Å². The molecular weight excluding hydrogens is 313 g/mol. The first-order valence-electron chi connectivity index (χ1n) is 7.68. The van der Waals surface area contributed by atoms with Crippen molar-refractivity contribution >= 4 is 23.0 Å². The zero-order valence-corrected chi connectivity index (χ0v) is 13.1. The number of nitrogens with zero attached hydrogens (tertiary/aromatic N) is 5. The van der Waals surface area contributed by atoms with E-state index in [1.165, 1.54) is 12.1 Å². The van der Waals surface area contributed by atoms with Gasteiger partial charge in [-0.1, -0.05) is 0 Å². The van der Waals surface area contributed by atoms with Crippen molar-refractivity contribution < 1.29 is 13.6 Å². The number of benzene rings is 1. The van der Waals surface area contributed by atoms with Crippen molar-refractivity contribution in [2.24, 2.45) is 7.05 Å². The van der Waals surface area contributed by atoms with Crippen molar-refractivity contribution in [3.05, 3.63) is 42.2 Å². The lowest BCUT2D eigenvalue weighted by molar-refractivity contribution is 0.0735. The zero-order valence-electron chi connectivity index (χ0n) is 13.1. The van der Waals surface area contributed by atoms with Crippen LogP contribution >= 0.6 is 0 Å². The lowest BCUT2D eigenvalue weighted by Crippen LogP contribution is -2.49. The number of hydrogen-bond donors (Lipinski definition) is 0. The number of piperazine rings is 1. The molecular formula is C16H16FN5O2. The van der Waals surface area contributed by atoms with Crippen LogP contribution in [-0.2, 0) is 7.05 Å². The van der Waals surface area contributed by atoms with Gasteiger partial charge >= 0.3 is 0 Å². The number of anilines is 1. The van der Waals surface area contributed by atoms with E-state index in [0.29, 0.717) is 49.0 Å². The number of carbonyl (C=O) groups excluding carboxylic acids is 1. The van der Waals surface area contributed by atoms with Gasteiger partial charge in [0, 0.05) is 39.3 Å². The van der Waals surface area contributed by atoms with Crippen molar-refractivity contribution in [3.8, 4) is 0 Å². The van der Waals surface area contributed by atoms with Crippen LogP contribution in [0.15, 0.2) is 35.1 Å². The molecule has 1 aromatic carbocycles. The fourth-order valence-corrected chi connectivity index (χ4v) is 2.85. The van der Waals surface area contributed by atoms with Gasteiger partial charge in [-0.15, -0.1) is 0 Å². The average Bonchev–Trinajstić information content (AvgIpc) is 3.20. The van der Waals surface area contributed by atoms with Crippen molar-refractivity contribution in [3.63, 3.8) is 0 Å². The summed E-state index contributed by atoms with van der Waals surface area (Å²) in [7, 11) is 1.80. The summed E-state index contributed by atoms with van der Waals surface area (Å²) >= 11 is 0. The second-order valence-corrected chi connectivity index (χ2v) is 5.78. The molecule has 3 heterocycles. The first-order chi connectivity index (χ1) is 11.6. The molecule has 2 aromatic heterocycles. The highest BCUT2D eigenvalue weighted by molar-refractivity contribution is 5.92. The smallest absolute Gasteiger partial charge is 0.298 e. The number of amides is 1. The fourth-order valence-electron chi connectivity index (χ4n) is 2.85. The lowest BCUT2D eigenvalue weighted by Gasteiger charge is -2.33. The van der Waals surface area contributed by atoms with E-state index in [1.54, 1.807) is 35.1 Å². The second kappa shape index (κ2) is 5.63. The largest absolute Gasteiger partial charge is 0.423 e. The number of rotatable bonds is 2. The van der Waals surface area contributed by atoms with E-state index >= 15 is 0 Å². The number of halogens is 1. The normalized spacial score (nSPS) is 15.2. The van der Waals surface area contributed by atoms with Gasteiger partial charge in [-0.2, -0.15) is 4.98 Å². The number of aromatic nitrogens is 3. The molecule has 24 heavy (non-hydrogen) atoms. The van der Waals surface area contributed by atoms with Crippen LogP contribution in [0.1, 0.15) is 10.5 Å². The van der Waals surface area contributed by atoms with Crippen LogP contribution < -0.4 is 4.90 Å². The molecule has 1 aliphatic heterocycles. The van der Waals surface area contributed by atoms with Gasteiger partial charge < -0.3 is 18.8 Å². The minimum absolute atomic E-state index is 0.0331. The molecule has 0 N–H and O–H groups in total. The molecule has 1 aliphatic rings. The fraction of sp³-hybridized carbons (Fsp3) is 0.312. The quantitative estimate of drug-likeness (QED) is 0.715. The summed E-state index contributed by atoms with van der Waals surface area (Å²) in [5, 5.41) is 0. The van der Waals surface area contributed by atoms with Crippen molar-refractivity contribution in [2.45, 2.75) is 0 Å². The van der Waals surface area contributed by atoms with Gasteiger partial charge in [0.25, 0.3) is 11.9 Å². The third kappa shape index (κ3) is 2.49. The minimum Gasteiger partial charge on any atom is -0.423 e. The van der Waals surface area contributed by atoms with E-state index in [4.69, 9.17) is 4.42 Å². The molecule has 1 saturated heterocycles. The number of imidazole rings is 1. The van der Waals surface area contributed by atoms with Crippen LogP contribution in [0.5, 0.6) is 0 Å². The molecule has 0 bridgehead atoms. The summed E-state index contributed by atoms with van der Waals surface area (Å²) in [4.78, 5) is 24.6. The maximum absolute atomic E-state index is 13.2. The molecule has 3 aromatic rings. The first kappa shape index (κ1) is 14.7. The Morgan fingerprint density at radius 3 is 2.75 bits per heavy atom. The predicted octanol–water partition coefficient (Wildman–Crippen LogP) is 1.66. The second-order valence-electron chi connectivity index (χ2n) is 5.78. The summed E-state index contributed by atoms with van der Waals surface area (Å²) in [6.45, 7) is 2.35. The number of oxazole rings is 1. The average molecular weight is 329 g/mol. The van der Waals surface area contributed by atoms with Gasteiger partial charge in [-0.3, -0.25) is 4.79 Å². The summed E-state index contributed by atoms with van der Waals surface area (Å²) in [6, 6.07) is 4.75. The highest BCUT2D eigenvalue weighted by Crippen LogP contribution is 2.23. The van der Waals surface area contributed by atoms with Crippen LogP contribution in [0.4, 0.5) is 10.4 Å². The monoisotopic (exact) mass is 329 g/mol. The zero-order chi connectivity index (χ0) is 16.7. The van der Waals surface area contributed by atoms with Crippen LogP contribution in [-0.4, -0.2) is 51.5 Å². The SMILES string of the molecule is Cn1cncc1C(=O)N1CCN(c2nc3ccc(F)cc3o2)CC1. The molecule has 1 amide bonds. The highest BCUT2D eigenvalue weighted by Gasteiger charge is 2.26. The van der Waals surface area contributed by atoms with E-state index in [-0.39, 0.29) is 11.7 Å². The van der Waals surface area contributed by atoms with E-state index in [2.05, 4.69) is 9.97 Å². The van der Waals surface area contributed by atoms with Crippen molar-refractivity contribution in [1.29, 1.82) is 0 Å². The van der Waals surface area contributed by atoms with E-state index in [1.807, 2.05) is 4.90 Å². The van der Waals surface area contributed by atoms with Gasteiger partial charge in [0.2, 0.25) is 0 Å². The Bertz CT molecular complexity index is 895. The van der Waals surface area contributed by atoms with Gasteiger partial charge in [-0.25, -0.2) is 9.37 Å². The van der Waals surface area contributed by atoms with Gasteiger partial charge in [0.15, 0.2) is 5.58 Å². The molecule has 1 fully saturated rings. The number of aryl methyl sites for hydroxylation is 1. The number of carbonyl (C=O) groups is 1. The summed E-state index contributed by atoms with van der Waals surface area (Å²) < 4.78 is 20.6. The topological polar surface area (TPSA) is 67.4 Å². The highest BCUT2D eigenvalue weighted by atomic mass is 19.1. The maximum Gasteiger partial charge on any atom is 0.298 e. The molecule has 0 aliphatic carbocycles. The standard InChI is InChI=1S/C16H16FN5O2/c1-20-10-18-9-13(20)15(23)21-4-6-22(7-5-21)16-19-12-3-2-11(17)8-14(12)24-16/h2-3,8-10H,4-7H2,1H3. The number of fused-ring (bicyclic) bond motifs is 1. The maximum atomic E-state index is 13.2. The predicted molar refractivity (Wildman–Crippen MR) is 85.3 cm³/mol. The Hall–Kier alpha value is -2.90. The third-order valence-electron chi connectivity index (χ3n) is 4.21. The molecule has 0 spiro atoms. The summed E-state index contributed by atoms with van der Waals surface area (Å²) in [5.41, 5.74) is 1.62. The van der Waals surface area contributed by atoms with Gasteiger partial charge in [0.05, 0.1) is 12.5 Å². The summed E-state index contributed by atoms with van der Waals surface area (Å²) in [5.74, 6) is -0.383. The molecule has 0 radical (unpaired) electrons. The molecule has 7 nitrogen and oxygen atoms in total. The first-order valence-corrected chi connectivity index (χ1v) is 7.68. The molecule has 8 heteroatoms. The van der Waals surface area contributed by atoms with E-state index in [9.17, 15) is 9.18 Å². The molecule has 0 unspecified atom stereocenters. The Balaban J connectivity index is 1.47. The number of hydrogen-bond acceptors (Lipinski definition) is 5. The van der Waals surface area contributed by atoms with E-state index in [0.717, 1.165) is 0 Å². The molecule has 124 valence electrons. The Morgan fingerprint density at radius 1 is 1.25 bits per heavy atom. The Morgan fingerprint density at radius 2 is 2.04 bits per heavy atom. The lowest BCUT2D eigenvalue weighted by atomic mass is 10.3. The van der Waals surface area contributed by atoms with Crippen LogP contribution in [0.2, 0.25) is 0 Å². The third-order valence-corrected chi connectivity index (χ3v) is 4.21.